The Morgan fingerprint density at radius 2 is 1.95 bits per heavy atom. The lowest BCUT2D eigenvalue weighted by atomic mass is 10.1. The molecule has 0 saturated carbocycles. The third-order valence-electron chi connectivity index (χ3n) is 3.57. The minimum absolute atomic E-state index is 0.443. The summed E-state index contributed by atoms with van der Waals surface area (Å²) in [6.07, 6.45) is 1.81. The number of nitrogens with zero attached hydrogens (tertiary/aromatic N) is 2. The molecule has 0 radical (unpaired) electrons. The number of ether oxygens (including phenoxy) is 1. The Morgan fingerprint density at radius 1 is 1.20 bits per heavy atom. The van der Waals surface area contributed by atoms with Crippen LogP contribution in [0.3, 0.4) is 0 Å². The molecular weight excluding hydrogens is 250 g/mol. The first kappa shape index (κ1) is 14.8. The molecular formula is C16H23N3O. The second kappa shape index (κ2) is 7.22. The van der Waals surface area contributed by atoms with Gasteiger partial charge in [0, 0.05) is 30.2 Å². The van der Waals surface area contributed by atoms with Gasteiger partial charge in [-0.15, -0.1) is 0 Å². The Labute approximate surface area is 120 Å². The highest BCUT2D eigenvalue weighted by atomic mass is 16.5. The predicted octanol–water partition coefficient (Wildman–Crippen LogP) is 2.41. The van der Waals surface area contributed by atoms with Crippen molar-refractivity contribution in [2.24, 2.45) is 5.73 Å². The summed E-state index contributed by atoms with van der Waals surface area (Å²) in [6, 6.07) is 8.01. The molecule has 1 aromatic carbocycles. The molecule has 108 valence electrons. The highest BCUT2D eigenvalue weighted by Crippen LogP contribution is 2.27. The van der Waals surface area contributed by atoms with Crippen LogP contribution in [-0.2, 0) is 6.54 Å². The van der Waals surface area contributed by atoms with E-state index in [4.69, 9.17) is 10.5 Å². The molecule has 0 bridgehead atoms. The van der Waals surface area contributed by atoms with E-state index in [1.807, 2.05) is 30.5 Å². The SMILES string of the molecule is CCN(CC)CCOc1c(CN)cnc2ccccc12. The average Bonchev–Trinajstić information content (AvgIpc) is 2.51. The summed E-state index contributed by atoms with van der Waals surface area (Å²) in [5, 5.41) is 1.04. The van der Waals surface area contributed by atoms with Crippen molar-refractivity contribution >= 4 is 10.9 Å². The molecule has 2 aromatic rings. The number of nitrogens with two attached hydrogens (primary N) is 1. The Balaban J connectivity index is 2.19. The topological polar surface area (TPSA) is 51.4 Å². The summed E-state index contributed by atoms with van der Waals surface area (Å²) in [6.45, 7) is 8.45. The summed E-state index contributed by atoms with van der Waals surface area (Å²) in [5.74, 6) is 0.880. The maximum Gasteiger partial charge on any atom is 0.134 e. The van der Waals surface area contributed by atoms with Crippen LogP contribution in [0.15, 0.2) is 30.5 Å². The molecule has 0 atom stereocenters. The largest absolute Gasteiger partial charge is 0.491 e. The van der Waals surface area contributed by atoms with Crippen LogP contribution in [0.4, 0.5) is 0 Å². The van der Waals surface area contributed by atoms with E-state index in [0.29, 0.717) is 13.2 Å². The molecule has 0 aliphatic heterocycles. The second-order valence-electron chi connectivity index (χ2n) is 4.71. The molecule has 4 heteroatoms. The quantitative estimate of drug-likeness (QED) is 0.841. The normalized spacial score (nSPS) is 11.2. The fourth-order valence-electron chi connectivity index (χ4n) is 2.29. The molecule has 0 fully saturated rings. The number of para-hydroxylation sites is 1. The molecule has 0 unspecified atom stereocenters. The number of rotatable bonds is 7. The van der Waals surface area contributed by atoms with Gasteiger partial charge < -0.3 is 15.4 Å². The number of pyridine rings is 1. The highest BCUT2D eigenvalue weighted by molar-refractivity contribution is 5.86. The van der Waals surface area contributed by atoms with Gasteiger partial charge >= 0.3 is 0 Å². The zero-order chi connectivity index (χ0) is 14.4. The lowest BCUT2D eigenvalue weighted by molar-refractivity contribution is 0.223. The molecule has 0 aliphatic carbocycles. The Kier molecular flexibility index (Phi) is 5.32. The molecule has 4 nitrogen and oxygen atoms in total. The van der Waals surface area contributed by atoms with Gasteiger partial charge in [-0.3, -0.25) is 4.98 Å². The first-order valence-corrected chi connectivity index (χ1v) is 7.22. The van der Waals surface area contributed by atoms with E-state index < -0.39 is 0 Å². The first-order chi connectivity index (χ1) is 9.80. The van der Waals surface area contributed by atoms with Crippen LogP contribution in [0.25, 0.3) is 10.9 Å². The monoisotopic (exact) mass is 273 g/mol. The van der Waals surface area contributed by atoms with Gasteiger partial charge in [-0.1, -0.05) is 26.0 Å². The number of benzene rings is 1. The summed E-state index contributed by atoms with van der Waals surface area (Å²) in [4.78, 5) is 6.76. The van der Waals surface area contributed by atoms with Crippen LogP contribution in [0.2, 0.25) is 0 Å². The lowest BCUT2D eigenvalue weighted by Crippen LogP contribution is -2.28. The fraction of sp³-hybridized carbons (Fsp3) is 0.438. The Hall–Kier alpha value is -1.65. The van der Waals surface area contributed by atoms with Crippen LogP contribution in [0, 0.1) is 0 Å². The first-order valence-electron chi connectivity index (χ1n) is 7.22. The third-order valence-corrected chi connectivity index (χ3v) is 3.57. The Morgan fingerprint density at radius 3 is 2.65 bits per heavy atom. The van der Waals surface area contributed by atoms with Crippen molar-refractivity contribution in [2.45, 2.75) is 20.4 Å². The van der Waals surface area contributed by atoms with Gasteiger partial charge in [-0.2, -0.15) is 0 Å². The second-order valence-corrected chi connectivity index (χ2v) is 4.71. The van der Waals surface area contributed by atoms with E-state index in [-0.39, 0.29) is 0 Å². The summed E-state index contributed by atoms with van der Waals surface area (Å²) >= 11 is 0. The van der Waals surface area contributed by atoms with Crippen molar-refractivity contribution < 1.29 is 4.74 Å². The average molecular weight is 273 g/mol. The van der Waals surface area contributed by atoms with Gasteiger partial charge in [0.25, 0.3) is 0 Å². The lowest BCUT2D eigenvalue weighted by Gasteiger charge is -2.19. The fourth-order valence-corrected chi connectivity index (χ4v) is 2.29. The summed E-state index contributed by atoms with van der Waals surface area (Å²) in [7, 11) is 0. The van der Waals surface area contributed by atoms with E-state index in [9.17, 15) is 0 Å². The Bertz CT molecular complexity index is 552. The van der Waals surface area contributed by atoms with Crippen LogP contribution in [0.1, 0.15) is 19.4 Å². The van der Waals surface area contributed by atoms with Gasteiger partial charge in [-0.25, -0.2) is 0 Å². The molecule has 0 aliphatic rings. The third kappa shape index (κ3) is 3.26. The maximum atomic E-state index is 6.01. The zero-order valence-electron chi connectivity index (χ0n) is 12.3. The number of aromatic nitrogens is 1. The van der Waals surface area contributed by atoms with Gasteiger partial charge in [0.1, 0.15) is 12.4 Å². The maximum absolute atomic E-state index is 6.01. The van der Waals surface area contributed by atoms with Crippen LogP contribution in [0.5, 0.6) is 5.75 Å². The minimum Gasteiger partial charge on any atom is -0.491 e. The molecule has 2 rings (SSSR count). The number of hydrogen-bond donors (Lipinski definition) is 1. The van der Waals surface area contributed by atoms with Gasteiger partial charge in [-0.05, 0) is 25.2 Å². The van der Waals surface area contributed by atoms with Crippen molar-refractivity contribution in [3.8, 4) is 5.75 Å². The van der Waals surface area contributed by atoms with Crippen LogP contribution >= 0.6 is 0 Å². The minimum atomic E-state index is 0.443. The van der Waals surface area contributed by atoms with Crippen molar-refractivity contribution in [3.63, 3.8) is 0 Å². The standard InChI is InChI=1S/C16H23N3O/c1-3-19(4-2)9-10-20-16-13(11-17)12-18-15-8-6-5-7-14(15)16/h5-8,12H,3-4,9-11,17H2,1-2H3. The molecule has 0 amide bonds. The highest BCUT2D eigenvalue weighted by Gasteiger charge is 2.09. The van der Waals surface area contributed by atoms with Crippen LogP contribution < -0.4 is 10.5 Å². The van der Waals surface area contributed by atoms with Crippen molar-refractivity contribution in [1.29, 1.82) is 0 Å². The van der Waals surface area contributed by atoms with Gasteiger partial charge in [0.05, 0.1) is 5.52 Å². The van der Waals surface area contributed by atoms with Crippen molar-refractivity contribution in [1.82, 2.24) is 9.88 Å². The molecule has 1 heterocycles. The summed E-state index contributed by atoms with van der Waals surface area (Å²) < 4.78 is 6.01. The van der Waals surface area contributed by atoms with Crippen molar-refractivity contribution in [2.75, 3.05) is 26.2 Å². The van der Waals surface area contributed by atoms with E-state index >= 15 is 0 Å². The smallest absolute Gasteiger partial charge is 0.134 e. The molecule has 20 heavy (non-hydrogen) atoms. The van der Waals surface area contributed by atoms with E-state index in [0.717, 1.165) is 41.9 Å². The predicted molar refractivity (Wildman–Crippen MR) is 82.9 cm³/mol. The van der Waals surface area contributed by atoms with Gasteiger partial charge in [0.2, 0.25) is 0 Å². The number of hydrogen-bond acceptors (Lipinski definition) is 4. The van der Waals surface area contributed by atoms with E-state index in [1.54, 1.807) is 0 Å². The molecule has 0 saturated heterocycles. The van der Waals surface area contributed by atoms with Gasteiger partial charge in [0.15, 0.2) is 0 Å². The van der Waals surface area contributed by atoms with Crippen LogP contribution in [-0.4, -0.2) is 36.1 Å². The molecule has 1 aromatic heterocycles. The van der Waals surface area contributed by atoms with Crippen molar-refractivity contribution in [3.05, 3.63) is 36.0 Å². The molecule has 2 N–H and O–H groups in total. The van der Waals surface area contributed by atoms with E-state index in [2.05, 4.69) is 23.7 Å². The van der Waals surface area contributed by atoms with E-state index in [1.165, 1.54) is 0 Å². The number of fused-ring (bicyclic) bond motifs is 1. The zero-order valence-corrected chi connectivity index (χ0v) is 12.3. The molecule has 0 spiro atoms. The summed E-state index contributed by atoms with van der Waals surface area (Å²) in [5.41, 5.74) is 7.70. The number of likely N-dealkylation sites (N-methyl/N-ethyl adjacent to an activating group) is 1.